The van der Waals surface area contributed by atoms with E-state index in [0.29, 0.717) is 5.56 Å². The SMILES string of the molecule is CC(=O)c1ccc2c(c1)-c1cc([N+](=O)[O-])cnc1-2. The monoisotopic (exact) mass is 240 g/mol. The smallest absolute Gasteiger partial charge is 0.288 e. The molecule has 1 aromatic carbocycles. The Kier molecular flexibility index (Phi) is 2.04. The van der Waals surface area contributed by atoms with E-state index in [-0.39, 0.29) is 11.5 Å². The van der Waals surface area contributed by atoms with Gasteiger partial charge in [0.05, 0.1) is 10.6 Å². The molecule has 0 saturated carbocycles. The zero-order valence-corrected chi connectivity index (χ0v) is 9.51. The molecule has 0 saturated heterocycles. The van der Waals surface area contributed by atoms with Gasteiger partial charge in [0.1, 0.15) is 6.20 Å². The molecule has 0 fully saturated rings. The highest BCUT2D eigenvalue weighted by Crippen LogP contribution is 2.47. The van der Waals surface area contributed by atoms with Crippen LogP contribution in [-0.4, -0.2) is 15.7 Å². The number of nitro groups is 1. The predicted octanol–water partition coefficient (Wildman–Crippen LogP) is 2.84. The van der Waals surface area contributed by atoms with Gasteiger partial charge in [0.25, 0.3) is 5.69 Å². The number of aromatic nitrogens is 1. The van der Waals surface area contributed by atoms with Crippen molar-refractivity contribution in [2.45, 2.75) is 6.92 Å². The van der Waals surface area contributed by atoms with Crippen LogP contribution in [0.4, 0.5) is 5.69 Å². The molecule has 0 atom stereocenters. The maximum absolute atomic E-state index is 11.3. The molecule has 0 unspecified atom stereocenters. The fourth-order valence-electron chi connectivity index (χ4n) is 2.10. The lowest BCUT2D eigenvalue weighted by atomic mass is 9.83. The quantitative estimate of drug-likeness (QED) is 0.392. The summed E-state index contributed by atoms with van der Waals surface area (Å²) in [4.78, 5) is 25.6. The van der Waals surface area contributed by atoms with Gasteiger partial charge in [-0.1, -0.05) is 12.1 Å². The lowest BCUT2D eigenvalue weighted by Gasteiger charge is -2.22. The van der Waals surface area contributed by atoms with Crippen LogP contribution in [0, 0.1) is 10.1 Å². The third kappa shape index (κ3) is 1.34. The number of nitrogens with zero attached hydrogens (tertiary/aromatic N) is 2. The summed E-state index contributed by atoms with van der Waals surface area (Å²) in [7, 11) is 0. The standard InChI is InChI=1S/C13H8N2O3/c1-7(16)8-2-3-10-11(4-8)12-5-9(15(17)18)6-14-13(10)12/h2-6H,1H3. The normalized spacial score (nSPS) is 11.2. The predicted molar refractivity (Wildman–Crippen MR) is 65.3 cm³/mol. The molecule has 1 aliphatic carbocycles. The lowest BCUT2D eigenvalue weighted by Crippen LogP contribution is -2.05. The Bertz CT molecular complexity index is 646. The topological polar surface area (TPSA) is 73.1 Å². The average Bonchev–Trinajstić information content (AvgIpc) is 2.34. The van der Waals surface area contributed by atoms with E-state index in [1.54, 1.807) is 12.1 Å². The summed E-state index contributed by atoms with van der Waals surface area (Å²) in [5, 5.41) is 10.7. The minimum absolute atomic E-state index is 0.0235. The Hall–Kier alpha value is -2.56. The number of carbonyl (C=O) groups excluding carboxylic acids is 1. The molecular formula is C13H8N2O3. The largest absolute Gasteiger partial charge is 0.295 e. The first kappa shape index (κ1) is 10.6. The summed E-state index contributed by atoms with van der Waals surface area (Å²) in [6.45, 7) is 1.49. The van der Waals surface area contributed by atoms with Gasteiger partial charge >= 0.3 is 0 Å². The van der Waals surface area contributed by atoms with Crippen molar-refractivity contribution in [3.63, 3.8) is 0 Å². The van der Waals surface area contributed by atoms with Gasteiger partial charge in [-0.25, -0.2) is 4.98 Å². The molecule has 0 N–H and O–H groups in total. The van der Waals surface area contributed by atoms with Crippen LogP contribution in [0.3, 0.4) is 0 Å². The zero-order valence-electron chi connectivity index (χ0n) is 9.51. The fourth-order valence-corrected chi connectivity index (χ4v) is 2.10. The van der Waals surface area contributed by atoms with E-state index in [9.17, 15) is 14.9 Å². The van der Waals surface area contributed by atoms with Gasteiger partial charge in [-0.15, -0.1) is 0 Å². The highest BCUT2D eigenvalue weighted by Gasteiger charge is 2.26. The maximum atomic E-state index is 11.3. The van der Waals surface area contributed by atoms with Crippen LogP contribution in [0.2, 0.25) is 0 Å². The Balaban J connectivity index is 2.13. The van der Waals surface area contributed by atoms with Crippen LogP contribution >= 0.6 is 0 Å². The summed E-state index contributed by atoms with van der Waals surface area (Å²) in [6, 6.07) is 6.82. The molecule has 18 heavy (non-hydrogen) atoms. The molecule has 1 aliphatic rings. The van der Waals surface area contributed by atoms with E-state index in [1.165, 1.54) is 19.2 Å². The number of carbonyl (C=O) groups is 1. The van der Waals surface area contributed by atoms with Gasteiger partial charge < -0.3 is 0 Å². The minimum Gasteiger partial charge on any atom is -0.295 e. The van der Waals surface area contributed by atoms with Gasteiger partial charge in [0.15, 0.2) is 5.78 Å². The van der Waals surface area contributed by atoms with Gasteiger partial charge in [-0.05, 0) is 18.6 Å². The molecule has 0 aliphatic heterocycles. The number of fused-ring (bicyclic) bond motifs is 4. The van der Waals surface area contributed by atoms with Crippen LogP contribution in [0.25, 0.3) is 22.4 Å². The first-order chi connectivity index (χ1) is 8.58. The van der Waals surface area contributed by atoms with Crippen LogP contribution in [0.5, 0.6) is 0 Å². The summed E-state index contributed by atoms with van der Waals surface area (Å²) in [5.74, 6) is -0.0235. The summed E-state index contributed by atoms with van der Waals surface area (Å²) < 4.78 is 0. The van der Waals surface area contributed by atoms with E-state index in [2.05, 4.69) is 4.98 Å². The number of pyridine rings is 1. The van der Waals surface area contributed by atoms with Crippen molar-refractivity contribution >= 4 is 11.5 Å². The molecule has 1 heterocycles. The molecule has 0 spiro atoms. The highest BCUT2D eigenvalue weighted by atomic mass is 16.6. The van der Waals surface area contributed by atoms with Gasteiger partial charge in [0.2, 0.25) is 0 Å². The summed E-state index contributed by atoms with van der Waals surface area (Å²) in [5.41, 5.74) is 3.85. The van der Waals surface area contributed by atoms with E-state index in [4.69, 9.17) is 0 Å². The zero-order chi connectivity index (χ0) is 12.9. The van der Waals surface area contributed by atoms with Crippen LogP contribution < -0.4 is 0 Å². The Morgan fingerprint density at radius 3 is 2.67 bits per heavy atom. The Morgan fingerprint density at radius 1 is 1.22 bits per heavy atom. The fraction of sp³-hybridized carbons (Fsp3) is 0.0769. The second kappa shape index (κ2) is 3.46. The molecule has 0 amide bonds. The average molecular weight is 240 g/mol. The molecule has 1 aromatic heterocycles. The molecule has 5 heteroatoms. The molecule has 5 nitrogen and oxygen atoms in total. The van der Waals surface area contributed by atoms with Crippen molar-refractivity contribution in [3.05, 3.63) is 46.1 Å². The summed E-state index contributed by atoms with van der Waals surface area (Å²) >= 11 is 0. The molecular weight excluding hydrogens is 232 g/mol. The van der Waals surface area contributed by atoms with Crippen molar-refractivity contribution in [2.24, 2.45) is 0 Å². The third-order valence-electron chi connectivity index (χ3n) is 3.06. The lowest BCUT2D eigenvalue weighted by molar-refractivity contribution is -0.385. The van der Waals surface area contributed by atoms with Gasteiger partial charge in [-0.3, -0.25) is 14.9 Å². The summed E-state index contributed by atoms with van der Waals surface area (Å²) in [6.07, 6.45) is 1.25. The Labute approximate surface area is 102 Å². The second-order valence-corrected chi connectivity index (χ2v) is 4.16. The highest BCUT2D eigenvalue weighted by molar-refractivity contribution is 6.04. The minimum atomic E-state index is -0.472. The van der Waals surface area contributed by atoms with Crippen molar-refractivity contribution in [1.29, 1.82) is 0 Å². The van der Waals surface area contributed by atoms with Gasteiger partial charge in [0, 0.05) is 22.8 Å². The molecule has 88 valence electrons. The van der Waals surface area contributed by atoms with E-state index < -0.39 is 4.92 Å². The number of hydrogen-bond donors (Lipinski definition) is 0. The van der Waals surface area contributed by atoms with Gasteiger partial charge in [-0.2, -0.15) is 0 Å². The van der Waals surface area contributed by atoms with Crippen LogP contribution in [-0.2, 0) is 0 Å². The molecule has 0 bridgehead atoms. The first-order valence-electron chi connectivity index (χ1n) is 5.38. The van der Waals surface area contributed by atoms with Crippen molar-refractivity contribution in [2.75, 3.05) is 0 Å². The van der Waals surface area contributed by atoms with Crippen LogP contribution in [0.15, 0.2) is 30.5 Å². The Morgan fingerprint density at radius 2 is 2.00 bits per heavy atom. The van der Waals surface area contributed by atoms with Crippen molar-refractivity contribution < 1.29 is 9.72 Å². The van der Waals surface area contributed by atoms with Crippen molar-refractivity contribution in [1.82, 2.24) is 4.98 Å². The molecule has 0 radical (unpaired) electrons. The van der Waals surface area contributed by atoms with E-state index in [1.807, 2.05) is 6.07 Å². The number of Topliss-reactive ketones (excluding diaryl/α,β-unsaturated/α-hetero) is 1. The number of hydrogen-bond acceptors (Lipinski definition) is 4. The van der Waals surface area contributed by atoms with Crippen LogP contribution in [0.1, 0.15) is 17.3 Å². The van der Waals surface area contributed by atoms with E-state index >= 15 is 0 Å². The molecule has 2 aromatic rings. The number of benzene rings is 1. The third-order valence-corrected chi connectivity index (χ3v) is 3.06. The molecule has 3 rings (SSSR count). The number of rotatable bonds is 2. The van der Waals surface area contributed by atoms with E-state index in [0.717, 1.165) is 22.4 Å². The second-order valence-electron chi connectivity index (χ2n) is 4.16. The number of ketones is 1. The maximum Gasteiger partial charge on any atom is 0.288 e. The van der Waals surface area contributed by atoms with Crippen molar-refractivity contribution in [3.8, 4) is 22.4 Å². The first-order valence-corrected chi connectivity index (χ1v) is 5.38.